The summed E-state index contributed by atoms with van der Waals surface area (Å²) < 4.78 is 77.3. The van der Waals surface area contributed by atoms with E-state index in [0.717, 1.165) is 10.3 Å². The molecule has 0 radical (unpaired) electrons. The molecule has 0 saturated heterocycles. The van der Waals surface area contributed by atoms with Crippen LogP contribution in [0, 0.1) is 5.82 Å². The second-order valence-corrected chi connectivity index (χ2v) is 9.33. The van der Waals surface area contributed by atoms with E-state index in [0.29, 0.717) is 35.6 Å². The number of benzene rings is 1. The Hall–Kier alpha value is -3.38. The van der Waals surface area contributed by atoms with E-state index < -0.39 is 28.6 Å². The van der Waals surface area contributed by atoms with Gasteiger partial charge in [-0.3, -0.25) is 4.40 Å². The molecule has 3 aromatic heterocycles. The highest BCUT2D eigenvalue weighted by Crippen LogP contribution is 2.39. The zero-order valence-electron chi connectivity index (χ0n) is 17.2. The summed E-state index contributed by atoms with van der Waals surface area (Å²) in [6.45, 7) is -2.72. The Morgan fingerprint density at radius 2 is 2.03 bits per heavy atom. The molecule has 172 valence electrons. The average molecular weight is 478 g/mol. The fraction of sp³-hybridized carbons (Fsp3) is 0.238. The van der Waals surface area contributed by atoms with Crippen LogP contribution in [-0.2, 0) is 21.2 Å². The summed E-state index contributed by atoms with van der Waals surface area (Å²) in [6.07, 6.45) is 4.58. The molecule has 1 aliphatic heterocycles. The first-order valence-electron chi connectivity index (χ1n) is 9.83. The molecule has 0 aliphatic carbocycles. The third-order valence-electron chi connectivity index (χ3n) is 5.32. The van der Waals surface area contributed by atoms with E-state index in [2.05, 4.69) is 14.8 Å². The average Bonchev–Trinajstić information content (AvgIpc) is 3.37. The van der Waals surface area contributed by atoms with E-state index in [-0.39, 0.29) is 16.9 Å². The van der Waals surface area contributed by atoms with E-state index in [9.17, 15) is 21.6 Å². The number of hydrogen-bond donors (Lipinski definition) is 0. The summed E-state index contributed by atoms with van der Waals surface area (Å²) in [4.78, 5) is 4.50. The van der Waals surface area contributed by atoms with Crippen LogP contribution in [0.1, 0.15) is 23.1 Å². The van der Waals surface area contributed by atoms with Crippen LogP contribution in [-0.4, -0.2) is 46.5 Å². The highest BCUT2D eigenvalue weighted by Gasteiger charge is 2.31. The maximum absolute atomic E-state index is 14.9. The molecule has 33 heavy (non-hydrogen) atoms. The standard InChI is InChI=1S/C21H17F3N4O4S/c1-33(29,30)28-10-12(9-25-28)14-11-27-18(8-15(14)22)26-16-6-7-31-20(19(16)27)13-4-2-3-5-17(13)32-21(23)24/h2-5,8-11,20-21H,6-7H2,1H3/t20-/m1/s1. The van der Waals surface area contributed by atoms with Gasteiger partial charge in [-0.1, -0.05) is 18.2 Å². The van der Waals surface area contributed by atoms with Gasteiger partial charge in [0.1, 0.15) is 23.3 Å². The largest absolute Gasteiger partial charge is 0.434 e. The van der Waals surface area contributed by atoms with Crippen LogP contribution >= 0.6 is 0 Å². The molecule has 1 aliphatic rings. The van der Waals surface area contributed by atoms with E-state index in [4.69, 9.17) is 4.74 Å². The summed E-state index contributed by atoms with van der Waals surface area (Å²) >= 11 is 0. The van der Waals surface area contributed by atoms with Crippen molar-refractivity contribution in [1.29, 1.82) is 0 Å². The summed E-state index contributed by atoms with van der Waals surface area (Å²) in [5, 5.41) is 3.79. The Balaban J connectivity index is 1.67. The fourth-order valence-corrected chi connectivity index (χ4v) is 4.44. The molecule has 4 heterocycles. The van der Waals surface area contributed by atoms with Crippen LogP contribution in [0.4, 0.5) is 13.2 Å². The molecule has 1 atom stereocenters. The molecule has 4 aromatic rings. The zero-order valence-corrected chi connectivity index (χ0v) is 18.0. The molecule has 0 bridgehead atoms. The Bertz CT molecular complexity index is 1470. The highest BCUT2D eigenvalue weighted by atomic mass is 32.2. The molecular formula is C21H17F3N4O4S. The Morgan fingerprint density at radius 3 is 2.76 bits per heavy atom. The molecule has 12 heteroatoms. The molecule has 1 aromatic carbocycles. The van der Waals surface area contributed by atoms with Crippen molar-refractivity contribution in [2.45, 2.75) is 19.1 Å². The number of hydrogen-bond acceptors (Lipinski definition) is 6. The van der Waals surface area contributed by atoms with Gasteiger partial charge in [0.15, 0.2) is 0 Å². The second-order valence-electron chi connectivity index (χ2n) is 7.49. The first-order valence-corrected chi connectivity index (χ1v) is 11.7. The molecule has 0 N–H and O–H groups in total. The van der Waals surface area contributed by atoms with Crippen molar-refractivity contribution in [1.82, 2.24) is 18.6 Å². The first-order chi connectivity index (χ1) is 15.7. The lowest BCUT2D eigenvalue weighted by Gasteiger charge is -2.25. The highest BCUT2D eigenvalue weighted by molar-refractivity contribution is 7.89. The van der Waals surface area contributed by atoms with Gasteiger partial charge in [-0.15, -0.1) is 0 Å². The lowest BCUT2D eigenvalue weighted by molar-refractivity contribution is -0.0522. The number of ether oxygens (including phenoxy) is 2. The minimum absolute atomic E-state index is 0.0305. The molecule has 0 saturated carbocycles. The van der Waals surface area contributed by atoms with Gasteiger partial charge in [0, 0.05) is 35.4 Å². The van der Waals surface area contributed by atoms with E-state index >= 15 is 0 Å². The smallest absolute Gasteiger partial charge is 0.387 e. The van der Waals surface area contributed by atoms with Crippen molar-refractivity contribution in [2.75, 3.05) is 12.9 Å². The predicted molar refractivity (Wildman–Crippen MR) is 111 cm³/mol. The van der Waals surface area contributed by atoms with Crippen molar-refractivity contribution in [3.05, 3.63) is 71.7 Å². The lowest BCUT2D eigenvalue weighted by Crippen LogP contribution is -2.20. The molecular weight excluding hydrogens is 461 g/mol. The molecule has 8 nitrogen and oxygen atoms in total. The summed E-state index contributed by atoms with van der Waals surface area (Å²) in [6, 6.07) is 7.53. The van der Waals surface area contributed by atoms with Gasteiger partial charge in [0.25, 0.3) is 10.0 Å². The van der Waals surface area contributed by atoms with Crippen molar-refractivity contribution >= 4 is 15.7 Å². The van der Waals surface area contributed by atoms with Crippen LogP contribution < -0.4 is 4.74 Å². The molecule has 0 amide bonds. The normalized spacial score (nSPS) is 16.3. The second kappa shape index (κ2) is 7.89. The monoisotopic (exact) mass is 478 g/mol. The first kappa shape index (κ1) is 21.5. The summed E-state index contributed by atoms with van der Waals surface area (Å²) in [5.41, 5.74) is 2.23. The summed E-state index contributed by atoms with van der Waals surface area (Å²) in [5.74, 6) is -0.645. The molecule has 0 spiro atoms. The van der Waals surface area contributed by atoms with Gasteiger partial charge in [-0.05, 0) is 6.07 Å². The topological polar surface area (TPSA) is 87.7 Å². The summed E-state index contributed by atoms with van der Waals surface area (Å²) in [7, 11) is -3.64. The van der Waals surface area contributed by atoms with E-state index in [1.165, 1.54) is 30.7 Å². The molecule has 5 rings (SSSR count). The molecule has 0 unspecified atom stereocenters. The Labute approximate surface area is 186 Å². The maximum Gasteiger partial charge on any atom is 0.387 e. The number of halogens is 3. The predicted octanol–water partition coefficient (Wildman–Crippen LogP) is 3.41. The van der Waals surface area contributed by atoms with Crippen LogP contribution in [0.3, 0.4) is 0 Å². The van der Waals surface area contributed by atoms with Gasteiger partial charge in [0.05, 0.1) is 36.6 Å². The minimum atomic E-state index is -3.64. The zero-order chi connectivity index (χ0) is 23.3. The quantitative estimate of drug-likeness (QED) is 0.437. The van der Waals surface area contributed by atoms with E-state index in [1.54, 1.807) is 22.6 Å². The van der Waals surface area contributed by atoms with Gasteiger partial charge >= 0.3 is 6.61 Å². The fourth-order valence-electron chi connectivity index (χ4n) is 3.92. The van der Waals surface area contributed by atoms with Crippen molar-refractivity contribution < 1.29 is 31.1 Å². The van der Waals surface area contributed by atoms with Gasteiger partial charge < -0.3 is 9.47 Å². The number of pyridine rings is 1. The SMILES string of the molecule is CS(=O)(=O)n1cc(-c2cn3c4c(nc3cc2F)CCO[C@@H]4c2ccccc2OC(F)F)cn1. The van der Waals surface area contributed by atoms with Gasteiger partial charge in [-0.2, -0.15) is 18.0 Å². The Morgan fingerprint density at radius 1 is 1.24 bits per heavy atom. The van der Waals surface area contributed by atoms with Crippen molar-refractivity contribution in [2.24, 2.45) is 0 Å². The van der Waals surface area contributed by atoms with Crippen LogP contribution in [0.25, 0.3) is 16.8 Å². The molecule has 0 fully saturated rings. The van der Waals surface area contributed by atoms with Gasteiger partial charge in [-0.25, -0.2) is 17.8 Å². The minimum Gasteiger partial charge on any atom is -0.434 e. The van der Waals surface area contributed by atoms with Crippen LogP contribution in [0.2, 0.25) is 0 Å². The number of imidazole rings is 1. The number of nitrogens with zero attached hydrogens (tertiary/aromatic N) is 4. The van der Waals surface area contributed by atoms with Crippen LogP contribution in [0.5, 0.6) is 5.75 Å². The number of para-hydroxylation sites is 1. The van der Waals surface area contributed by atoms with Gasteiger partial charge in [0.2, 0.25) is 0 Å². The number of rotatable bonds is 5. The van der Waals surface area contributed by atoms with Crippen molar-refractivity contribution in [3.8, 4) is 16.9 Å². The Kier molecular flexibility index (Phi) is 5.13. The number of aromatic nitrogens is 4. The maximum atomic E-state index is 14.9. The third-order valence-corrected chi connectivity index (χ3v) is 6.20. The van der Waals surface area contributed by atoms with Crippen LogP contribution in [0.15, 0.2) is 48.9 Å². The lowest BCUT2D eigenvalue weighted by atomic mass is 10.0. The van der Waals surface area contributed by atoms with E-state index in [1.807, 2.05) is 0 Å². The van der Waals surface area contributed by atoms with Crippen molar-refractivity contribution in [3.63, 3.8) is 0 Å². The number of fused-ring (bicyclic) bond motifs is 3. The number of alkyl halides is 2. The third kappa shape index (κ3) is 3.85.